The second-order valence-corrected chi connectivity index (χ2v) is 16.1. The molecule has 3 heterocycles. The van der Waals surface area contributed by atoms with Crippen LogP contribution in [0.2, 0.25) is 0 Å². The molecule has 5 heteroatoms. The lowest BCUT2D eigenvalue weighted by atomic mass is 9.94. The molecule has 292 valence electrons. The van der Waals surface area contributed by atoms with Crippen LogP contribution in [0.3, 0.4) is 0 Å². The first-order valence-corrected chi connectivity index (χ1v) is 21.5. The molecule has 0 saturated carbocycles. The molecule has 1 aliphatic heterocycles. The van der Waals surface area contributed by atoms with Crippen molar-refractivity contribution in [2.75, 3.05) is 0 Å². The Morgan fingerprint density at radius 3 is 2.25 bits per heavy atom. The van der Waals surface area contributed by atoms with Gasteiger partial charge in [0.25, 0.3) is 0 Å². The highest BCUT2D eigenvalue weighted by molar-refractivity contribution is 8.00. The molecule has 0 spiro atoms. The lowest BCUT2D eigenvalue weighted by Gasteiger charge is -2.20. The summed E-state index contributed by atoms with van der Waals surface area (Å²) in [6, 6.07) is 43.9. The van der Waals surface area contributed by atoms with E-state index in [9.17, 15) is 0 Å². The number of rotatable bonds is 11. The lowest BCUT2D eigenvalue weighted by molar-refractivity contribution is 1.21. The number of nitrogens with zero attached hydrogens (tertiary/aromatic N) is 3. The van der Waals surface area contributed by atoms with Crippen LogP contribution in [-0.4, -0.2) is 21.0 Å². The summed E-state index contributed by atoms with van der Waals surface area (Å²) in [6.07, 6.45) is 24.5. The molecule has 1 atom stereocenters. The lowest BCUT2D eigenvalue weighted by Crippen LogP contribution is -2.02. The molecule has 0 amide bonds. The molecule has 4 nitrogen and oxygen atoms in total. The minimum atomic E-state index is 0.216. The molecule has 0 fully saturated rings. The number of thioether (sulfide) groups is 1. The van der Waals surface area contributed by atoms with Crippen molar-refractivity contribution >= 4 is 62.3 Å². The van der Waals surface area contributed by atoms with Gasteiger partial charge in [-0.15, -0.1) is 11.8 Å². The van der Waals surface area contributed by atoms with Gasteiger partial charge in [-0.2, -0.15) is 0 Å². The van der Waals surface area contributed by atoms with Crippen LogP contribution in [0.4, 0.5) is 0 Å². The van der Waals surface area contributed by atoms with E-state index < -0.39 is 0 Å². The highest BCUT2D eigenvalue weighted by atomic mass is 32.2. The van der Waals surface area contributed by atoms with Crippen LogP contribution >= 0.6 is 11.8 Å². The summed E-state index contributed by atoms with van der Waals surface area (Å²) in [4.78, 5) is 10.9. The van der Waals surface area contributed by atoms with Gasteiger partial charge in [-0.05, 0) is 130 Å². The van der Waals surface area contributed by atoms with Crippen molar-refractivity contribution in [1.82, 2.24) is 9.55 Å². The zero-order valence-corrected chi connectivity index (χ0v) is 34.7. The summed E-state index contributed by atoms with van der Waals surface area (Å²) >= 11 is 1.88. The zero-order chi connectivity index (χ0) is 41.0. The quantitative estimate of drug-likeness (QED) is 0.105. The molecular weight excluding hydrogens is 749 g/mol. The van der Waals surface area contributed by atoms with Crippen molar-refractivity contribution in [2.45, 2.75) is 36.8 Å². The summed E-state index contributed by atoms with van der Waals surface area (Å²) in [7, 11) is 0. The van der Waals surface area contributed by atoms with Crippen LogP contribution in [0.5, 0.6) is 0 Å². The number of hydrogen-bond donors (Lipinski definition) is 1. The van der Waals surface area contributed by atoms with Gasteiger partial charge >= 0.3 is 0 Å². The fourth-order valence-electron chi connectivity index (χ4n) is 8.38. The van der Waals surface area contributed by atoms with E-state index in [1.165, 1.54) is 26.8 Å². The first kappa shape index (κ1) is 38.6. The summed E-state index contributed by atoms with van der Waals surface area (Å²) < 4.78 is 2.44. The maximum absolute atomic E-state index is 5.70. The van der Waals surface area contributed by atoms with Gasteiger partial charge < -0.3 is 10.3 Å². The fraction of sp³-hybridized carbons (Fsp3) is 0.0909. The van der Waals surface area contributed by atoms with E-state index in [1.807, 2.05) is 54.5 Å². The number of benzene rings is 5. The molecule has 7 aromatic rings. The topological polar surface area (TPSA) is 56.2 Å². The molecule has 2 bridgehead atoms. The number of fused-ring (bicyclic) bond motifs is 6. The van der Waals surface area contributed by atoms with Crippen LogP contribution in [0, 0.1) is 0 Å². The Kier molecular flexibility index (Phi) is 11.0. The summed E-state index contributed by atoms with van der Waals surface area (Å²) in [5.74, 6) is 0. The second kappa shape index (κ2) is 17.1. The Bertz CT molecular complexity index is 3010. The SMILES string of the molecule is C=C/C(=C\C=C/N)c1ccc2c(c1)C1=CC(C=CC(n3c4ccc(-c5ccccc5/C(=C/CC)N=CCC)cc4c4cc(-c5ccccc5-c5ccccn5)ccc43)=C1)S2. The highest BCUT2D eigenvalue weighted by Gasteiger charge is 2.23. The molecule has 1 unspecified atom stereocenters. The Labute approximate surface area is 356 Å². The molecule has 2 aromatic heterocycles. The third-order valence-electron chi connectivity index (χ3n) is 11.1. The van der Waals surface area contributed by atoms with Crippen molar-refractivity contribution in [3.05, 3.63) is 206 Å². The Balaban J connectivity index is 1.26. The van der Waals surface area contributed by atoms with E-state index in [2.05, 4.69) is 165 Å². The van der Waals surface area contributed by atoms with E-state index in [0.29, 0.717) is 0 Å². The highest BCUT2D eigenvalue weighted by Crippen LogP contribution is 2.45. The van der Waals surface area contributed by atoms with Gasteiger partial charge in [0, 0.05) is 50.2 Å². The molecular formula is C55H46N4S. The van der Waals surface area contributed by atoms with E-state index in [0.717, 1.165) is 85.5 Å². The number of pyridine rings is 1. The molecule has 0 radical (unpaired) electrons. The van der Waals surface area contributed by atoms with Gasteiger partial charge in [-0.1, -0.05) is 124 Å². The Morgan fingerprint density at radius 2 is 1.53 bits per heavy atom. The molecule has 5 aromatic carbocycles. The smallest absolute Gasteiger partial charge is 0.0708 e. The van der Waals surface area contributed by atoms with Crippen LogP contribution in [0.25, 0.3) is 77.9 Å². The number of nitrogens with two attached hydrogens (primary N) is 1. The maximum Gasteiger partial charge on any atom is 0.0708 e. The monoisotopic (exact) mass is 794 g/mol. The third-order valence-corrected chi connectivity index (χ3v) is 12.3. The van der Waals surface area contributed by atoms with Gasteiger partial charge in [-0.3, -0.25) is 9.98 Å². The van der Waals surface area contributed by atoms with Gasteiger partial charge in [0.05, 0.1) is 22.4 Å². The second-order valence-electron chi connectivity index (χ2n) is 14.9. The van der Waals surface area contributed by atoms with E-state index >= 15 is 0 Å². The number of aromatic nitrogens is 2. The first-order chi connectivity index (χ1) is 29.6. The molecule has 0 saturated heterocycles. The summed E-state index contributed by atoms with van der Waals surface area (Å²) in [5.41, 5.74) is 22.5. The van der Waals surface area contributed by atoms with Crippen LogP contribution in [-0.2, 0) is 0 Å². The van der Waals surface area contributed by atoms with Crippen molar-refractivity contribution < 1.29 is 0 Å². The maximum atomic E-state index is 5.70. The third kappa shape index (κ3) is 7.33. The predicted octanol–water partition coefficient (Wildman–Crippen LogP) is 14.4. The minimum absolute atomic E-state index is 0.216. The van der Waals surface area contributed by atoms with Crippen molar-refractivity contribution in [3.8, 4) is 33.5 Å². The average molecular weight is 795 g/mol. The average Bonchev–Trinajstić information content (AvgIpc) is 3.51. The number of hydrogen-bond acceptors (Lipinski definition) is 4. The molecule has 2 aliphatic rings. The largest absolute Gasteiger partial charge is 0.405 e. The Morgan fingerprint density at radius 1 is 0.800 bits per heavy atom. The Hall–Kier alpha value is -6.95. The molecule has 1 aliphatic carbocycles. The minimum Gasteiger partial charge on any atom is -0.405 e. The zero-order valence-electron chi connectivity index (χ0n) is 33.9. The standard InChI is InChI=1S/C55H46N4S/c1-4-14-51(57-30-5-2)46-18-9-7-16-44(46)39-21-26-53-49(35-39)50-36-40(45-17-8-10-19-47(45)52-20-11-12-31-58-52)22-27-54(50)59(53)42-24-25-43-33-41(32-42)48-34-38(23-28-55(48)60-43)37(6-3)15-13-29-56/h6-36,43H,3-5,56H2,1-2H3/b29-13-,37-15+,51-14-,57-30?. The summed E-state index contributed by atoms with van der Waals surface area (Å²) in [5, 5.41) is 2.59. The van der Waals surface area contributed by atoms with Crippen molar-refractivity contribution in [1.29, 1.82) is 0 Å². The normalized spacial score (nSPS) is 15.4. The van der Waals surface area contributed by atoms with Gasteiger partial charge in [0.15, 0.2) is 0 Å². The van der Waals surface area contributed by atoms with Gasteiger partial charge in [0.1, 0.15) is 0 Å². The van der Waals surface area contributed by atoms with Crippen molar-refractivity contribution in [2.24, 2.45) is 10.7 Å². The molecule has 2 N–H and O–H groups in total. The van der Waals surface area contributed by atoms with E-state index in [-0.39, 0.29) is 5.25 Å². The predicted molar refractivity (Wildman–Crippen MR) is 260 cm³/mol. The van der Waals surface area contributed by atoms with E-state index in [1.54, 1.807) is 6.20 Å². The number of allylic oxidation sites excluding steroid dienone is 9. The van der Waals surface area contributed by atoms with Crippen molar-refractivity contribution in [3.63, 3.8) is 0 Å². The van der Waals surface area contributed by atoms with Gasteiger partial charge in [-0.25, -0.2) is 0 Å². The van der Waals surface area contributed by atoms with Crippen LogP contribution in [0.15, 0.2) is 199 Å². The fourth-order valence-corrected chi connectivity index (χ4v) is 9.49. The summed E-state index contributed by atoms with van der Waals surface area (Å²) in [6.45, 7) is 8.38. The van der Waals surface area contributed by atoms with Gasteiger partial charge in [0.2, 0.25) is 0 Å². The van der Waals surface area contributed by atoms with E-state index in [4.69, 9.17) is 15.7 Å². The molecule has 60 heavy (non-hydrogen) atoms. The number of aliphatic imine (C=N–C) groups is 1. The molecule has 9 rings (SSSR count). The van der Waals surface area contributed by atoms with Crippen LogP contribution < -0.4 is 5.73 Å². The first-order valence-electron chi connectivity index (χ1n) is 20.6. The van der Waals surface area contributed by atoms with Crippen LogP contribution in [0.1, 0.15) is 43.4 Å².